The number of carboxylic acid groups (broad SMARTS) is 1. The zero-order chi connectivity index (χ0) is 14.8. The van der Waals surface area contributed by atoms with E-state index in [1.807, 2.05) is 6.26 Å². The third-order valence-corrected chi connectivity index (χ3v) is 5.51. The number of likely N-dealkylation sites (tertiary alicyclic amines) is 1. The minimum Gasteiger partial charge on any atom is -0.481 e. The summed E-state index contributed by atoms with van der Waals surface area (Å²) in [6, 6.07) is 0.0691. The largest absolute Gasteiger partial charge is 0.481 e. The Hall–Kier alpha value is -0.910. The average molecular weight is 300 g/mol. The lowest BCUT2D eigenvalue weighted by molar-refractivity contribution is -0.149. The number of carbonyl (C=O) groups excluding carboxylic acids is 1. The van der Waals surface area contributed by atoms with E-state index in [1.54, 1.807) is 16.7 Å². The average Bonchev–Trinajstić information content (AvgIpc) is 2.95. The predicted octanol–water partition coefficient (Wildman–Crippen LogP) is 2.02. The number of thioether (sulfide) groups is 1. The number of nitrogens with one attached hydrogen (secondary N) is 1. The van der Waals surface area contributed by atoms with Gasteiger partial charge >= 0.3 is 12.0 Å². The van der Waals surface area contributed by atoms with Crippen LogP contribution in [0.1, 0.15) is 32.6 Å². The Morgan fingerprint density at radius 1 is 1.55 bits per heavy atom. The van der Waals surface area contributed by atoms with Crippen LogP contribution in [0.4, 0.5) is 4.79 Å². The fourth-order valence-electron chi connectivity index (χ4n) is 3.52. The molecule has 1 unspecified atom stereocenters. The van der Waals surface area contributed by atoms with E-state index in [0.717, 1.165) is 25.0 Å². The van der Waals surface area contributed by atoms with Crippen LogP contribution >= 0.6 is 11.8 Å². The summed E-state index contributed by atoms with van der Waals surface area (Å²) < 4.78 is 0. The van der Waals surface area contributed by atoms with Crippen molar-refractivity contribution in [3.8, 4) is 0 Å². The number of carbonyl (C=O) groups is 2. The van der Waals surface area contributed by atoms with Crippen molar-refractivity contribution in [1.82, 2.24) is 10.2 Å². The van der Waals surface area contributed by atoms with E-state index in [2.05, 4.69) is 12.2 Å². The number of carboxylic acids is 1. The van der Waals surface area contributed by atoms with Crippen LogP contribution in [0.2, 0.25) is 0 Å². The maximum absolute atomic E-state index is 12.3. The maximum Gasteiger partial charge on any atom is 0.317 e. The first-order valence-electron chi connectivity index (χ1n) is 7.31. The molecule has 3 atom stereocenters. The highest BCUT2D eigenvalue weighted by atomic mass is 32.2. The molecule has 1 heterocycles. The Labute approximate surface area is 124 Å². The van der Waals surface area contributed by atoms with Gasteiger partial charge < -0.3 is 15.3 Å². The number of hydrogen-bond donors (Lipinski definition) is 2. The first-order valence-corrected chi connectivity index (χ1v) is 8.70. The lowest BCUT2D eigenvalue weighted by Gasteiger charge is -2.25. The molecule has 0 aromatic carbocycles. The van der Waals surface area contributed by atoms with Crippen LogP contribution in [-0.4, -0.2) is 53.1 Å². The van der Waals surface area contributed by atoms with E-state index in [1.165, 1.54) is 0 Å². The van der Waals surface area contributed by atoms with Gasteiger partial charge in [0.05, 0.1) is 5.41 Å². The number of hydrogen-bond acceptors (Lipinski definition) is 3. The molecule has 0 aromatic heterocycles. The Bertz CT molecular complexity index is 391. The van der Waals surface area contributed by atoms with Crippen LogP contribution in [0.5, 0.6) is 0 Å². The van der Waals surface area contributed by atoms with Crippen molar-refractivity contribution in [3.63, 3.8) is 0 Å². The van der Waals surface area contributed by atoms with E-state index in [-0.39, 0.29) is 18.0 Å². The second-order valence-electron chi connectivity index (χ2n) is 5.94. The molecule has 2 amide bonds. The van der Waals surface area contributed by atoms with Crippen molar-refractivity contribution in [2.24, 2.45) is 11.3 Å². The van der Waals surface area contributed by atoms with Crippen molar-refractivity contribution < 1.29 is 14.7 Å². The van der Waals surface area contributed by atoms with Gasteiger partial charge in [0.15, 0.2) is 0 Å². The topological polar surface area (TPSA) is 69.6 Å². The van der Waals surface area contributed by atoms with Gasteiger partial charge in [-0.25, -0.2) is 4.79 Å². The van der Waals surface area contributed by atoms with E-state index in [0.29, 0.717) is 19.5 Å². The zero-order valence-corrected chi connectivity index (χ0v) is 13.0. The molecule has 0 radical (unpaired) electrons. The Kier molecular flexibility index (Phi) is 4.83. The molecule has 20 heavy (non-hydrogen) atoms. The minimum atomic E-state index is -0.730. The number of urea groups is 1. The lowest BCUT2D eigenvalue weighted by Crippen LogP contribution is -2.46. The van der Waals surface area contributed by atoms with Crippen LogP contribution in [0.25, 0.3) is 0 Å². The fourth-order valence-corrected chi connectivity index (χ4v) is 4.24. The zero-order valence-electron chi connectivity index (χ0n) is 12.2. The summed E-state index contributed by atoms with van der Waals surface area (Å²) in [7, 11) is 0. The van der Waals surface area contributed by atoms with Gasteiger partial charge in [-0.15, -0.1) is 0 Å². The molecule has 2 fully saturated rings. The molecular weight excluding hydrogens is 276 g/mol. The summed E-state index contributed by atoms with van der Waals surface area (Å²) in [5.41, 5.74) is -0.682. The normalized spacial score (nSPS) is 30.1. The van der Waals surface area contributed by atoms with Crippen LogP contribution in [-0.2, 0) is 4.79 Å². The molecule has 114 valence electrons. The first-order chi connectivity index (χ1) is 9.53. The van der Waals surface area contributed by atoms with E-state index < -0.39 is 11.4 Å². The van der Waals surface area contributed by atoms with Gasteiger partial charge in [0.25, 0.3) is 0 Å². The Balaban J connectivity index is 1.98. The van der Waals surface area contributed by atoms with Crippen LogP contribution in [0.15, 0.2) is 0 Å². The molecule has 0 bridgehead atoms. The SMILES string of the molecule is CCC(CSC)NC(=O)N1C[C@@H]2CCC[C@@]2(C(=O)O)C1. The summed E-state index contributed by atoms with van der Waals surface area (Å²) in [6.07, 6.45) is 5.52. The van der Waals surface area contributed by atoms with Gasteiger partial charge in [-0.2, -0.15) is 11.8 Å². The number of fused-ring (bicyclic) bond motifs is 1. The summed E-state index contributed by atoms with van der Waals surface area (Å²) in [5, 5.41) is 12.6. The molecule has 2 aliphatic rings. The van der Waals surface area contributed by atoms with Gasteiger partial charge in [0.2, 0.25) is 0 Å². The second-order valence-corrected chi connectivity index (χ2v) is 6.85. The summed E-state index contributed by atoms with van der Waals surface area (Å²) in [5.74, 6) is 0.293. The molecular formula is C14H24N2O3S. The number of rotatable bonds is 5. The quantitative estimate of drug-likeness (QED) is 0.815. The molecule has 5 nitrogen and oxygen atoms in total. The van der Waals surface area contributed by atoms with Gasteiger partial charge in [-0.1, -0.05) is 13.3 Å². The molecule has 6 heteroatoms. The van der Waals surface area contributed by atoms with Crippen LogP contribution in [0, 0.1) is 11.3 Å². The smallest absolute Gasteiger partial charge is 0.317 e. The summed E-state index contributed by atoms with van der Waals surface area (Å²) in [6.45, 7) is 3.01. The minimum absolute atomic E-state index is 0.0964. The molecule has 1 saturated heterocycles. The Morgan fingerprint density at radius 3 is 2.85 bits per heavy atom. The molecule has 1 saturated carbocycles. The van der Waals surface area contributed by atoms with Crippen LogP contribution < -0.4 is 5.32 Å². The third-order valence-electron chi connectivity index (χ3n) is 4.77. The molecule has 2 N–H and O–H groups in total. The van der Waals surface area contributed by atoms with Gasteiger partial charge in [0, 0.05) is 24.9 Å². The van der Waals surface area contributed by atoms with Gasteiger partial charge in [-0.05, 0) is 31.4 Å². The lowest BCUT2D eigenvalue weighted by atomic mass is 9.81. The summed E-state index contributed by atoms with van der Waals surface area (Å²) >= 11 is 1.71. The van der Waals surface area contributed by atoms with Crippen LogP contribution in [0.3, 0.4) is 0 Å². The highest BCUT2D eigenvalue weighted by molar-refractivity contribution is 7.98. The molecule has 0 aromatic rings. The first kappa shape index (κ1) is 15.5. The summed E-state index contributed by atoms with van der Waals surface area (Å²) in [4.78, 5) is 25.6. The van der Waals surface area contributed by atoms with Crippen molar-refractivity contribution in [2.45, 2.75) is 38.6 Å². The Morgan fingerprint density at radius 2 is 2.30 bits per heavy atom. The molecule has 0 spiro atoms. The number of nitrogens with zero attached hydrogens (tertiary/aromatic N) is 1. The standard InChI is InChI=1S/C14H24N2O3S/c1-3-11(8-20-2)15-13(19)16-7-10-5-4-6-14(10,9-16)12(17)18/h10-11H,3-9H2,1-2H3,(H,15,19)(H,17,18)/t10-,11?,14+/m0/s1. The number of aliphatic carboxylic acids is 1. The molecule has 1 aliphatic carbocycles. The van der Waals surface area contributed by atoms with Crippen molar-refractivity contribution in [3.05, 3.63) is 0 Å². The van der Waals surface area contributed by atoms with E-state index in [4.69, 9.17) is 0 Å². The van der Waals surface area contributed by atoms with Crippen molar-refractivity contribution in [1.29, 1.82) is 0 Å². The third kappa shape index (κ3) is 2.75. The maximum atomic E-state index is 12.3. The van der Waals surface area contributed by atoms with Gasteiger partial charge in [0.1, 0.15) is 0 Å². The monoisotopic (exact) mass is 300 g/mol. The molecule has 1 aliphatic heterocycles. The van der Waals surface area contributed by atoms with Crippen molar-refractivity contribution in [2.75, 3.05) is 25.1 Å². The highest BCUT2D eigenvalue weighted by Gasteiger charge is 2.55. The van der Waals surface area contributed by atoms with E-state index in [9.17, 15) is 14.7 Å². The second kappa shape index (κ2) is 6.24. The fraction of sp³-hybridized carbons (Fsp3) is 0.857. The number of amides is 2. The molecule has 2 rings (SSSR count). The van der Waals surface area contributed by atoms with E-state index >= 15 is 0 Å². The van der Waals surface area contributed by atoms with Crippen molar-refractivity contribution >= 4 is 23.8 Å². The highest BCUT2D eigenvalue weighted by Crippen LogP contribution is 2.48. The predicted molar refractivity (Wildman–Crippen MR) is 80.0 cm³/mol. The van der Waals surface area contributed by atoms with Gasteiger partial charge in [-0.3, -0.25) is 4.79 Å².